The van der Waals surface area contributed by atoms with Gasteiger partial charge in [0.25, 0.3) is 5.91 Å². The molecule has 1 amide bonds. The van der Waals surface area contributed by atoms with Crippen molar-refractivity contribution in [3.63, 3.8) is 0 Å². The third kappa shape index (κ3) is 5.07. The summed E-state index contributed by atoms with van der Waals surface area (Å²) >= 11 is 0. The highest BCUT2D eigenvalue weighted by molar-refractivity contribution is 5.90. The van der Waals surface area contributed by atoms with E-state index in [0.717, 1.165) is 11.1 Å². The summed E-state index contributed by atoms with van der Waals surface area (Å²) in [4.78, 5) is 25.0. The van der Waals surface area contributed by atoms with Crippen molar-refractivity contribution < 1.29 is 18.7 Å². The van der Waals surface area contributed by atoms with Crippen LogP contribution in [0, 0.1) is 6.92 Å². The highest BCUT2D eigenvalue weighted by Crippen LogP contribution is 2.20. The fourth-order valence-corrected chi connectivity index (χ4v) is 2.64. The van der Waals surface area contributed by atoms with Gasteiger partial charge in [-0.2, -0.15) is 0 Å². The third-order valence-electron chi connectivity index (χ3n) is 4.12. The van der Waals surface area contributed by atoms with Gasteiger partial charge in [0, 0.05) is 12.1 Å². The highest BCUT2D eigenvalue weighted by atomic mass is 16.6. The molecule has 0 bridgehead atoms. The van der Waals surface area contributed by atoms with Gasteiger partial charge in [-0.1, -0.05) is 60.2 Å². The van der Waals surface area contributed by atoms with E-state index in [2.05, 4.69) is 5.32 Å². The Morgan fingerprint density at radius 2 is 1.74 bits per heavy atom. The average molecular weight is 363 g/mol. The molecule has 0 saturated heterocycles. The Balaban J connectivity index is 1.69. The molecule has 0 saturated carbocycles. The lowest BCUT2D eigenvalue weighted by Crippen LogP contribution is -2.33. The Labute approximate surface area is 158 Å². The molecule has 5 nitrogen and oxygen atoms in total. The minimum Gasteiger partial charge on any atom is -0.457 e. The average Bonchev–Trinajstić information content (AvgIpc) is 3.22. The SMILES string of the molecule is Cc1ccc([C@@H](OC(=O)c2ccco2)C(=O)NCCc2ccccc2)cc1. The van der Waals surface area contributed by atoms with Crippen LogP contribution in [0.15, 0.2) is 77.4 Å². The van der Waals surface area contributed by atoms with E-state index in [-0.39, 0.29) is 11.7 Å². The lowest BCUT2D eigenvalue weighted by Gasteiger charge is -2.18. The van der Waals surface area contributed by atoms with E-state index in [9.17, 15) is 9.59 Å². The van der Waals surface area contributed by atoms with Crippen LogP contribution in [-0.4, -0.2) is 18.4 Å². The van der Waals surface area contributed by atoms with Gasteiger partial charge < -0.3 is 14.5 Å². The van der Waals surface area contributed by atoms with Crippen molar-refractivity contribution in [1.82, 2.24) is 5.32 Å². The number of carbonyl (C=O) groups excluding carboxylic acids is 2. The number of nitrogens with one attached hydrogen (secondary N) is 1. The molecule has 5 heteroatoms. The maximum Gasteiger partial charge on any atom is 0.375 e. The summed E-state index contributed by atoms with van der Waals surface area (Å²) in [6, 6.07) is 20.3. The van der Waals surface area contributed by atoms with Crippen LogP contribution in [0.1, 0.15) is 33.3 Å². The maximum absolute atomic E-state index is 12.7. The zero-order valence-corrected chi connectivity index (χ0v) is 15.1. The molecule has 3 aromatic rings. The van der Waals surface area contributed by atoms with Gasteiger partial charge in [0.15, 0.2) is 0 Å². The number of hydrogen-bond acceptors (Lipinski definition) is 4. The smallest absolute Gasteiger partial charge is 0.375 e. The summed E-state index contributed by atoms with van der Waals surface area (Å²) in [6.07, 6.45) is 1.04. The Kier molecular flexibility index (Phi) is 6.05. The zero-order valence-electron chi connectivity index (χ0n) is 15.1. The number of furan rings is 1. The van der Waals surface area contributed by atoms with Crippen molar-refractivity contribution in [3.05, 3.63) is 95.4 Å². The summed E-state index contributed by atoms with van der Waals surface area (Å²) in [5.74, 6) is -0.984. The van der Waals surface area contributed by atoms with Gasteiger partial charge in [0.2, 0.25) is 11.9 Å². The van der Waals surface area contributed by atoms with E-state index >= 15 is 0 Å². The van der Waals surface area contributed by atoms with Crippen LogP contribution in [0.4, 0.5) is 0 Å². The van der Waals surface area contributed by atoms with E-state index in [4.69, 9.17) is 9.15 Å². The third-order valence-corrected chi connectivity index (χ3v) is 4.12. The normalized spacial score (nSPS) is 11.6. The van der Waals surface area contributed by atoms with Crippen LogP contribution in [0.5, 0.6) is 0 Å². The van der Waals surface area contributed by atoms with E-state index in [1.165, 1.54) is 12.3 Å². The first kappa shape index (κ1) is 18.5. The summed E-state index contributed by atoms with van der Waals surface area (Å²) in [5, 5.41) is 2.85. The van der Waals surface area contributed by atoms with Gasteiger partial charge >= 0.3 is 5.97 Å². The number of rotatable bonds is 7. The number of hydrogen-bond donors (Lipinski definition) is 1. The number of carbonyl (C=O) groups is 2. The van der Waals surface area contributed by atoms with Gasteiger partial charge in [-0.05, 0) is 31.0 Å². The lowest BCUT2D eigenvalue weighted by atomic mass is 10.1. The van der Waals surface area contributed by atoms with Gasteiger partial charge in [-0.25, -0.2) is 4.79 Å². The number of esters is 1. The number of aryl methyl sites for hydroxylation is 1. The highest BCUT2D eigenvalue weighted by Gasteiger charge is 2.26. The molecule has 0 radical (unpaired) electrons. The zero-order chi connectivity index (χ0) is 19.1. The van der Waals surface area contributed by atoms with Crippen LogP contribution in [0.2, 0.25) is 0 Å². The van der Waals surface area contributed by atoms with Gasteiger partial charge in [-0.3, -0.25) is 4.79 Å². The molecule has 1 aromatic heterocycles. The Bertz CT molecular complexity index is 870. The minimum atomic E-state index is -1.04. The van der Waals surface area contributed by atoms with Gasteiger partial charge in [0.1, 0.15) is 0 Å². The minimum absolute atomic E-state index is 0.0594. The molecule has 0 aliphatic carbocycles. The number of amides is 1. The molecule has 0 spiro atoms. The lowest BCUT2D eigenvalue weighted by molar-refractivity contribution is -0.130. The Hall–Kier alpha value is -3.34. The fourth-order valence-electron chi connectivity index (χ4n) is 2.64. The van der Waals surface area contributed by atoms with Crippen LogP contribution >= 0.6 is 0 Å². The first-order chi connectivity index (χ1) is 13.1. The molecule has 3 rings (SSSR count). The standard InChI is InChI=1S/C22H21NO4/c1-16-9-11-18(12-10-16)20(27-22(25)19-8-5-15-26-19)21(24)23-14-13-17-6-3-2-4-7-17/h2-12,15,20H,13-14H2,1H3,(H,23,24)/t20-/m1/s1. The summed E-state index contributed by atoms with van der Waals surface area (Å²) < 4.78 is 10.5. The van der Waals surface area contributed by atoms with Crippen LogP contribution in [-0.2, 0) is 16.0 Å². The van der Waals surface area contributed by atoms with Crippen LogP contribution in [0.25, 0.3) is 0 Å². The van der Waals surface area contributed by atoms with Crippen molar-refractivity contribution in [3.8, 4) is 0 Å². The Morgan fingerprint density at radius 1 is 1.00 bits per heavy atom. The molecule has 2 aromatic carbocycles. The van der Waals surface area contributed by atoms with Crippen molar-refractivity contribution in [2.45, 2.75) is 19.4 Å². The molecule has 0 aliphatic rings. The quantitative estimate of drug-likeness (QED) is 0.648. The molecule has 1 N–H and O–H groups in total. The first-order valence-corrected chi connectivity index (χ1v) is 8.76. The van der Waals surface area contributed by atoms with Crippen molar-refractivity contribution in [2.24, 2.45) is 0 Å². The summed E-state index contributed by atoms with van der Waals surface area (Å²) in [6.45, 7) is 2.40. The van der Waals surface area contributed by atoms with E-state index < -0.39 is 12.1 Å². The largest absolute Gasteiger partial charge is 0.457 e. The second kappa shape index (κ2) is 8.85. The van der Waals surface area contributed by atoms with Gasteiger partial charge in [-0.15, -0.1) is 0 Å². The summed E-state index contributed by atoms with van der Waals surface area (Å²) in [7, 11) is 0. The predicted molar refractivity (Wildman–Crippen MR) is 101 cm³/mol. The monoisotopic (exact) mass is 363 g/mol. The fraction of sp³-hybridized carbons (Fsp3) is 0.182. The second-order valence-electron chi connectivity index (χ2n) is 6.20. The molecule has 0 unspecified atom stereocenters. The van der Waals surface area contributed by atoms with Crippen LogP contribution in [0.3, 0.4) is 0 Å². The predicted octanol–water partition coefficient (Wildman–Crippen LogP) is 3.85. The summed E-state index contributed by atoms with van der Waals surface area (Å²) in [5.41, 5.74) is 2.79. The van der Waals surface area contributed by atoms with Crippen LogP contribution < -0.4 is 5.32 Å². The molecule has 1 heterocycles. The van der Waals surface area contributed by atoms with Crippen molar-refractivity contribution in [1.29, 1.82) is 0 Å². The number of ether oxygens (including phenoxy) is 1. The van der Waals surface area contributed by atoms with Gasteiger partial charge in [0.05, 0.1) is 6.26 Å². The second-order valence-corrected chi connectivity index (χ2v) is 6.20. The van der Waals surface area contributed by atoms with E-state index in [1.54, 1.807) is 18.2 Å². The molecule has 138 valence electrons. The molecular weight excluding hydrogens is 342 g/mol. The molecule has 27 heavy (non-hydrogen) atoms. The topological polar surface area (TPSA) is 68.5 Å². The van der Waals surface area contributed by atoms with E-state index in [0.29, 0.717) is 18.5 Å². The maximum atomic E-state index is 12.7. The molecule has 0 fully saturated rings. The first-order valence-electron chi connectivity index (χ1n) is 8.76. The van der Waals surface area contributed by atoms with E-state index in [1.807, 2.05) is 49.4 Å². The molecule has 0 aliphatic heterocycles. The molecule has 1 atom stereocenters. The molecular formula is C22H21NO4. The number of benzene rings is 2. The Morgan fingerprint density at radius 3 is 2.41 bits per heavy atom. The van der Waals surface area contributed by atoms with Crippen molar-refractivity contribution >= 4 is 11.9 Å². The van der Waals surface area contributed by atoms with Crippen molar-refractivity contribution in [2.75, 3.05) is 6.54 Å².